The zero-order valence-corrected chi connectivity index (χ0v) is 18.8. The number of H-pyrrole nitrogens is 1. The SMILES string of the molecule is CCCCc1nc2c(=O)n(CCO)[nH]c(=O)c2n1Cc1ccc(-c2ccccc2C(=O)O)cc1. The molecule has 0 fully saturated rings. The fourth-order valence-corrected chi connectivity index (χ4v) is 4.08. The second-order valence-electron chi connectivity index (χ2n) is 8.08. The van der Waals surface area contributed by atoms with Gasteiger partial charge >= 0.3 is 5.97 Å². The summed E-state index contributed by atoms with van der Waals surface area (Å²) in [5.74, 6) is -0.335. The number of aryl methyl sites for hydroxylation is 1. The topological polar surface area (TPSA) is 130 Å². The molecule has 34 heavy (non-hydrogen) atoms. The van der Waals surface area contributed by atoms with Crippen LogP contribution in [0.5, 0.6) is 0 Å². The number of hydrogen-bond donors (Lipinski definition) is 3. The van der Waals surface area contributed by atoms with Crippen LogP contribution in [0.3, 0.4) is 0 Å². The van der Waals surface area contributed by atoms with Crippen molar-refractivity contribution in [3.8, 4) is 11.1 Å². The van der Waals surface area contributed by atoms with E-state index in [1.54, 1.807) is 28.8 Å². The van der Waals surface area contributed by atoms with Gasteiger partial charge in [-0.3, -0.25) is 14.7 Å². The van der Waals surface area contributed by atoms with Crippen molar-refractivity contribution in [3.63, 3.8) is 0 Å². The molecule has 4 aromatic rings. The van der Waals surface area contributed by atoms with Gasteiger partial charge in [-0.15, -0.1) is 0 Å². The van der Waals surface area contributed by atoms with Crippen LogP contribution in [0.4, 0.5) is 0 Å². The van der Waals surface area contributed by atoms with E-state index in [9.17, 15) is 24.6 Å². The van der Waals surface area contributed by atoms with E-state index in [4.69, 9.17) is 0 Å². The number of aromatic nitrogens is 4. The maximum atomic E-state index is 12.9. The Labute approximate surface area is 194 Å². The minimum atomic E-state index is -0.990. The number of fused-ring (bicyclic) bond motifs is 1. The van der Waals surface area contributed by atoms with E-state index in [-0.39, 0.29) is 29.7 Å². The number of carboxylic acid groups (broad SMARTS) is 1. The summed E-state index contributed by atoms with van der Waals surface area (Å²) in [5.41, 5.74) is 1.93. The minimum absolute atomic E-state index is 0.0134. The highest BCUT2D eigenvalue weighted by molar-refractivity contribution is 5.96. The molecule has 176 valence electrons. The average Bonchev–Trinajstić information content (AvgIpc) is 3.20. The molecule has 9 heteroatoms. The zero-order valence-electron chi connectivity index (χ0n) is 18.8. The predicted molar refractivity (Wildman–Crippen MR) is 128 cm³/mol. The molecule has 0 aliphatic rings. The van der Waals surface area contributed by atoms with Crippen LogP contribution in [0.2, 0.25) is 0 Å². The number of carbonyl (C=O) groups is 1. The Bertz CT molecular complexity index is 1450. The molecule has 0 radical (unpaired) electrons. The molecule has 3 N–H and O–H groups in total. The number of aromatic carboxylic acids is 1. The first kappa shape index (κ1) is 23.2. The van der Waals surface area contributed by atoms with Crippen molar-refractivity contribution in [2.24, 2.45) is 0 Å². The lowest BCUT2D eigenvalue weighted by molar-refractivity contribution is 0.0697. The third kappa shape index (κ3) is 4.42. The molecule has 0 bridgehead atoms. The Morgan fingerprint density at radius 3 is 2.50 bits per heavy atom. The van der Waals surface area contributed by atoms with Gasteiger partial charge in [-0.1, -0.05) is 55.8 Å². The van der Waals surface area contributed by atoms with Gasteiger partial charge in [0.15, 0.2) is 5.52 Å². The summed E-state index contributed by atoms with van der Waals surface area (Å²) in [6, 6.07) is 14.3. The van der Waals surface area contributed by atoms with Gasteiger partial charge in [-0.05, 0) is 29.2 Å². The molecule has 0 spiro atoms. The van der Waals surface area contributed by atoms with Gasteiger partial charge in [-0.2, -0.15) is 0 Å². The van der Waals surface area contributed by atoms with Crippen molar-refractivity contribution in [1.82, 2.24) is 19.3 Å². The van der Waals surface area contributed by atoms with Crippen LogP contribution in [0.1, 0.15) is 41.5 Å². The third-order valence-electron chi connectivity index (χ3n) is 5.79. The van der Waals surface area contributed by atoms with Crippen molar-refractivity contribution in [2.45, 2.75) is 39.3 Å². The Kier molecular flexibility index (Phi) is 6.74. The van der Waals surface area contributed by atoms with Crippen LogP contribution in [0, 0.1) is 0 Å². The highest BCUT2D eigenvalue weighted by atomic mass is 16.4. The fourth-order valence-electron chi connectivity index (χ4n) is 4.08. The molecule has 2 aromatic heterocycles. The fraction of sp³-hybridized carbons (Fsp3) is 0.280. The van der Waals surface area contributed by atoms with E-state index < -0.39 is 17.1 Å². The first-order chi connectivity index (χ1) is 16.4. The molecule has 0 unspecified atom stereocenters. The molecular weight excluding hydrogens is 436 g/mol. The first-order valence-corrected chi connectivity index (χ1v) is 11.2. The van der Waals surface area contributed by atoms with E-state index in [1.807, 2.05) is 24.3 Å². The monoisotopic (exact) mass is 462 g/mol. The number of imidazole rings is 1. The average molecular weight is 463 g/mol. The number of nitrogens with one attached hydrogen (secondary N) is 1. The Balaban J connectivity index is 1.75. The normalized spacial score (nSPS) is 11.2. The summed E-state index contributed by atoms with van der Waals surface area (Å²) in [4.78, 5) is 41.7. The van der Waals surface area contributed by atoms with Crippen LogP contribution in [0.15, 0.2) is 58.1 Å². The maximum Gasteiger partial charge on any atom is 0.336 e. The van der Waals surface area contributed by atoms with Crippen LogP contribution >= 0.6 is 0 Å². The Hall–Kier alpha value is -3.98. The summed E-state index contributed by atoms with van der Waals surface area (Å²) in [6.07, 6.45) is 2.41. The quantitative estimate of drug-likeness (QED) is 0.351. The zero-order chi connectivity index (χ0) is 24.2. The van der Waals surface area contributed by atoms with Crippen molar-refractivity contribution < 1.29 is 15.0 Å². The molecular formula is C25H26N4O5. The third-order valence-corrected chi connectivity index (χ3v) is 5.79. The van der Waals surface area contributed by atoms with Crippen molar-refractivity contribution in [3.05, 3.63) is 86.2 Å². The number of aliphatic hydroxyl groups excluding tert-OH is 1. The number of aromatic amines is 1. The number of carboxylic acids is 1. The van der Waals surface area contributed by atoms with Crippen molar-refractivity contribution >= 4 is 17.0 Å². The van der Waals surface area contributed by atoms with Crippen LogP contribution < -0.4 is 11.1 Å². The smallest absolute Gasteiger partial charge is 0.336 e. The molecule has 9 nitrogen and oxygen atoms in total. The van der Waals surface area contributed by atoms with Gasteiger partial charge in [0.05, 0.1) is 18.7 Å². The van der Waals surface area contributed by atoms with Crippen LogP contribution in [-0.2, 0) is 19.5 Å². The molecule has 4 rings (SSSR count). The molecule has 2 aromatic carbocycles. The predicted octanol–water partition coefficient (Wildman–Crippen LogP) is 2.63. The highest BCUT2D eigenvalue weighted by Gasteiger charge is 2.19. The second-order valence-corrected chi connectivity index (χ2v) is 8.08. The van der Waals surface area contributed by atoms with E-state index in [2.05, 4.69) is 17.0 Å². The van der Waals surface area contributed by atoms with E-state index >= 15 is 0 Å². The highest BCUT2D eigenvalue weighted by Crippen LogP contribution is 2.25. The first-order valence-electron chi connectivity index (χ1n) is 11.2. The lowest BCUT2D eigenvalue weighted by Crippen LogP contribution is -2.31. The molecule has 0 aliphatic heterocycles. The molecule has 0 aliphatic carbocycles. The van der Waals surface area contributed by atoms with Gasteiger partial charge in [-0.25, -0.2) is 14.5 Å². The lowest BCUT2D eigenvalue weighted by Gasteiger charge is -2.11. The summed E-state index contributed by atoms with van der Waals surface area (Å²) in [6.45, 7) is 2.10. The molecule has 0 saturated carbocycles. The van der Waals surface area contributed by atoms with Crippen molar-refractivity contribution in [2.75, 3.05) is 6.61 Å². The van der Waals surface area contributed by atoms with Gasteiger partial charge in [0.1, 0.15) is 11.3 Å². The largest absolute Gasteiger partial charge is 0.478 e. The number of unbranched alkanes of at least 4 members (excludes halogenated alkanes) is 1. The number of aliphatic hydroxyl groups is 1. The van der Waals surface area contributed by atoms with Gasteiger partial charge in [0.2, 0.25) is 0 Å². The number of benzene rings is 2. The second kappa shape index (κ2) is 9.88. The summed E-state index contributed by atoms with van der Waals surface area (Å²) in [5, 5.41) is 21.2. The van der Waals surface area contributed by atoms with Gasteiger partial charge in [0, 0.05) is 13.0 Å². The van der Waals surface area contributed by atoms with E-state index in [0.717, 1.165) is 28.7 Å². The van der Waals surface area contributed by atoms with Gasteiger partial charge < -0.3 is 14.8 Å². The standard InChI is InChI=1S/C25H26N4O5/c1-2-3-8-20-26-21-22(23(31)27-29(13-14-30)24(21)32)28(20)15-16-9-11-17(12-10-16)18-6-4-5-7-19(18)25(33)34/h4-7,9-12,30H,2-3,8,13-15H2,1H3,(H,27,31)(H,33,34). The van der Waals surface area contributed by atoms with Crippen molar-refractivity contribution in [1.29, 1.82) is 0 Å². The lowest BCUT2D eigenvalue weighted by atomic mass is 9.99. The summed E-state index contributed by atoms with van der Waals surface area (Å²) in [7, 11) is 0. The minimum Gasteiger partial charge on any atom is -0.478 e. The van der Waals surface area contributed by atoms with E-state index in [0.29, 0.717) is 24.4 Å². The summed E-state index contributed by atoms with van der Waals surface area (Å²) < 4.78 is 2.86. The maximum absolute atomic E-state index is 12.9. The van der Waals surface area contributed by atoms with Crippen LogP contribution in [-0.4, -0.2) is 42.1 Å². The van der Waals surface area contributed by atoms with E-state index in [1.165, 1.54) is 0 Å². The Morgan fingerprint density at radius 1 is 1.09 bits per heavy atom. The van der Waals surface area contributed by atoms with Crippen LogP contribution in [0.25, 0.3) is 22.2 Å². The van der Waals surface area contributed by atoms with Gasteiger partial charge in [0.25, 0.3) is 11.1 Å². The molecule has 0 atom stereocenters. The molecule has 2 heterocycles. The molecule has 0 amide bonds. The number of rotatable bonds is 9. The molecule has 0 saturated heterocycles. The Morgan fingerprint density at radius 2 is 1.82 bits per heavy atom. The summed E-state index contributed by atoms with van der Waals surface area (Å²) >= 11 is 0. The number of nitrogens with zero attached hydrogens (tertiary/aromatic N) is 3. The number of hydrogen-bond acceptors (Lipinski definition) is 5.